The average molecular weight is 358 g/mol. The Bertz CT molecular complexity index is 896. The van der Waals surface area contributed by atoms with Crippen molar-refractivity contribution >= 4 is 27.5 Å². The van der Waals surface area contributed by atoms with Gasteiger partial charge < -0.3 is 14.6 Å². The first-order valence-electron chi connectivity index (χ1n) is 8.42. The summed E-state index contributed by atoms with van der Waals surface area (Å²) in [7, 11) is 0. The van der Waals surface area contributed by atoms with Crippen molar-refractivity contribution in [2.75, 3.05) is 13.2 Å². The van der Waals surface area contributed by atoms with Crippen LogP contribution in [-0.2, 0) is 11.3 Å². The van der Waals surface area contributed by atoms with Gasteiger partial charge in [-0.2, -0.15) is 0 Å². The number of ether oxygens (including phenoxy) is 1. The number of thiophene rings is 1. The lowest BCUT2D eigenvalue weighted by atomic mass is 10.2. The fourth-order valence-electron chi connectivity index (χ4n) is 3.23. The molecule has 4 rings (SSSR count). The molecule has 1 atom stereocenters. The summed E-state index contributed by atoms with van der Waals surface area (Å²) in [6.45, 7) is 1.60. The molecule has 1 amide bonds. The van der Waals surface area contributed by atoms with Gasteiger partial charge >= 0.3 is 0 Å². The molecule has 1 aliphatic heterocycles. The van der Waals surface area contributed by atoms with E-state index in [1.54, 1.807) is 23.5 Å². The summed E-state index contributed by atoms with van der Waals surface area (Å²) in [6, 6.07) is 10.5. The second kappa shape index (κ2) is 6.98. The lowest BCUT2D eigenvalue weighted by Crippen LogP contribution is -2.33. The molecule has 0 radical (unpaired) electrons. The molecular weight excluding hydrogens is 339 g/mol. The summed E-state index contributed by atoms with van der Waals surface area (Å²) < 4.78 is 22.5. The average Bonchev–Trinajstić information content (AvgIpc) is 3.33. The highest BCUT2D eigenvalue weighted by atomic mass is 32.1. The standard InChI is InChI=1S/C19H19FN2O2S/c20-15-6-2-1-4-13(15)12-22-16-7-9-25-18(16)10-17(22)19(23)21-11-14-5-3-8-24-14/h1-2,4,6-7,9-10,14H,3,5,8,11-12H2,(H,21,23)/t14-/m0/s1. The summed E-state index contributed by atoms with van der Waals surface area (Å²) in [5.41, 5.74) is 2.08. The number of hydrogen-bond donors (Lipinski definition) is 1. The Morgan fingerprint density at radius 1 is 1.36 bits per heavy atom. The van der Waals surface area contributed by atoms with Gasteiger partial charge in [0.15, 0.2) is 0 Å². The van der Waals surface area contributed by atoms with Crippen molar-refractivity contribution < 1.29 is 13.9 Å². The van der Waals surface area contributed by atoms with Crippen LogP contribution in [0.2, 0.25) is 0 Å². The number of amides is 1. The number of rotatable bonds is 5. The molecule has 6 heteroatoms. The molecule has 0 unspecified atom stereocenters. The molecule has 1 aliphatic rings. The van der Waals surface area contributed by atoms with Crippen molar-refractivity contribution in [2.45, 2.75) is 25.5 Å². The molecule has 1 saturated heterocycles. The van der Waals surface area contributed by atoms with E-state index in [1.807, 2.05) is 28.1 Å². The van der Waals surface area contributed by atoms with E-state index in [2.05, 4.69) is 5.32 Å². The molecule has 0 aliphatic carbocycles. The van der Waals surface area contributed by atoms with E-state index in [9.17, 15) is 9.18 Å². The summed E-state index contributed by atoms with van der Waals surface area (Å²) in [4.78, 5) is 12.7. The van der Waals surface area contributed by atoms with Crippen molar-refractivity contribution in [3.05, 3.63) is 58.9 Å². The highest BCUT2D eigenvalue weighted by Gasteiger charge is 2.20. The summed E-state index contributed by atoms with van der Waals surface area (Å²) in [5.74, 6) is -0.402. The van der Waals surface area contributed by atoms with Crippen LogP contribution in [0, 0.1) is 5.82 Å². The SMILES string of the molecule is O=C(NC[C@@H]1CCCO1)c1cc2sccc2n1Cc1ccccc1F. The molecule has 0 bridgehead atoms. The van der Waals surface area contributed by atoms with Gasteiger partial charge in [-0.15, -0.1) is 11.3 Å². The van der Waals surface area contributed by atoms with Gasteiger partial charge in [-0.25, -0.2) is 4.39 Å². The van der Waals surface area contributed by atoms with Crippen LogP contribution < -0.4 is 5.32 Å². The second-order valence-electron chi connectivity index (χ2n) is 6.22. The number of nitrogens with one attached hydrogen (secondary N) is 1. The first kappa shape index (κ1) is 16.3. The Balaban J connectivity index is 1.60. The first-order chi connectivity index (χ1) is 12.2. The zero-order valence-corrected chi connectivity index (χ0v) is 14.5. The Kier molecular flexibility index (Phi) is 4.55. The maximum atomic E-state index is 14.1. The quantitative estimate of drug-likeness (QED) is 0.754. The summed E-state index contributed by atoms with van der Waals surface area (Å²) in [6.07, 6.45) is 2.12. The third kappa shape index (κ3) is 3.32. The first-order valence-corrected chi connectivity index (χ1v) is 9.30. The van der Waals surface area contributed by atoms with Crippen molar-refractivity contribution in [3.63, 3.8) is 0 Å². The maximum Gasteiger partial charge on any atom is 0.268 e. The molecule has 2 aromatic heterocycles. The largest absolute Gasteiger partial charge is 0.376 e. The van der Waals surface area contributed by atoms with E-state index in [0.29, 0.717) is 24.3 Å². The number of carbonyl (C=O) groups excluding carboxylic acids is 1. The topological polar surface area (TPSA) is 43.3 Å². The number of carbonyl (C=O) groups is 1. The van der Waals surface area contributed by atoms with E-state index in [1.165, 1.54) is 6.07 Å². The zero-order valence-electron chi connectivity index (χ0n) is 13.7. The van der Waals surface area contributed by atoms with E-state index in [4.69, 9.17) is 4.74 Å². The van der Waals surface area contributed by atoms with E-state index in [-0.39, 0.29) is 17.8 Å². The minimum atomic E-state index is -0.259. The van der Waals surface area contributed by atoms with Gasteiger partial charge in [0.25, 0.3) is 5.91 Å². The smallest absolute Gasteiger partial charge is 0.268 e. The maximum absolute atomic E-state index is 14.1. The Labute approximate surface area is 149 Å². The number of nitrogens with zero attached hydrogens (tertiary/aromatic N) is 1. The van der Waals surface area contributed by atoms with Crippen molar-refractivity contribution in [2.24, 2.45) is 0 Å². The zero-order chi connectivity index (χ0) is 17.2. The Morgan fingerprint density at radius 2 is 2.24 bits per heavy atom. The van der Waals surface area contributed by atoms with Crippen LogP contribution in [0.15, 0.2) is 41.8 Å². The van der Waals surface area contributed by atoms with Crippen molar-refractivity contribution in [1.82, 2.24) is 9.88 Å². The van der Waals surface area contributed by atoms with Crippen molar-refractivity contribution in [3.8, 4) is 0 Å². The molecule has 3 heterocycles. The van der Waals surface area contributed by atoms with E-state index >= 15 is 0 Å². The lowest BCUT2D eigenvalue weighted by molar-refractivity contribution is 0.0851. The predicted molar refractivity (Wildman–Crippen MR) is 96.6 cm³/mol. The molecule has 1 aromatic carbocycles. The van der Waals surface area contributed by atoms with E-state index < -0.39 is 0 Å². The van der Waals surface area contributed by atoms with Gasteiger partial charge in [0.05, 0.1) is 22.9 Å². The minimum absolute atomic E-state index is 0.0973. The minimum Gasteiger partial charge on any atom is -0.376 e. The number of fused-ring (bicyclic) bond motifs is 1. The van der Waals surface area contributed by atoms with Gasteiger partial charge in [0.2, 0.25) is 0 Å². The normalized spacial score (nSPS) is 17.2. The van der Waals surface area contributed by atoms with Gasteiger partial charge in [0, 0.05) is 18.7 Å². The number of hydrogen-bond acceptors (Lipinski definition) is 3. The molecule has 0 saturated carbocycles. The highest BCUT2D eigenvalue weighted by Crippen LogP contribution is 2.27. The number of halogens is 1. The lowest BCUT2D eigenvalue weighted by Gasteiger charge is -2.13. The van der Waals surface area contributed by atoms with Crippen LogP contribution in [0.5, 0.6) is 0 Å². The third-order valence-corrected chi connectivity index (χ3v) is 5.41. The number of aromatic nitrogens is 1. The molecular formula is C19H19FN2O2S. The van der Waals surface area contributed by atoms with Gasteiger partial charge in [-0.1, -0.05) is 18.2 Å². The third-order valence-electron chi connectivity index (χ3n) is 4.56. The molecule has 3 aromatic rings. The van der Waals surface area contributed by atoms with Crippen LogP contribution >= 0.6 is 11.3 Å². The van der Waals surface area contributed by atoms with Gasteiger partial charge in [-0.3, -0.25) is 4.79 Å². The van der Waals surface area contributed by atoms with E-state index in [0.717, 1.165) is 29.7 Å². The van der Waals surface area contributed by atoms with Gasteiger partial charge in [0.1, 0.15) is 11.5 Å². The summed E-state index contributed by atoms with van der Waals surface area (Å²) >= 11 is 1.58. The summed E-state index contributed by atoms with van der Waals surface area (Å²) in [5, 5.41) is 4.94. The fraction of sp³-hybridized carbons (Fsp3) is 0.316. The highest BCUT2D eigenvalue weighted by molar-refractivity contribution is 7.17. The monoisotopic (exact) mass is 358 g/mol. The predicted octanol–water partition coefficient (Wildman–Crippen LogP) is 3.80. The Morgan fingerprint density at radius 3 is 3.04 bits per heavy atom. The molecule has 25 heavy (non-hydrogen) atoms. The van der Waals surface area contributed by atoms with Gasteiger partial charge in [-0.05, 0) is 36.4 Å². The van der Waals surface area contributed by atoms with Crippen LogP contribution in [0.4, 0.5) is 4.39 Å². The van der Waals surface area contributed by atoms with Crippen LogP contribution in [0.25, 0.3) is 10.2 Å². The molecule has 1 N–H and O–H groups in total. The molecule has 130 valence electrons. The van der Waals surface area contributed by atoms with Crippen LogP contribution in [-0.4, -0.2) is 29.7 Å². The number of benzene rings is 1. The van der Waals surface area contributed by atoms with Crippen LogP contribution in [0.3, 0.4) is 0 Å². The fourth-order valence-corrected chi connectivity index (χ4v) is 4.06. The van der Waals surface area contributed by atoms with Crippen molar-refractivity contribution in [1.29, 1.82) is 0 Å². The Hall–Kier alpha value is -2.18. The molecule has 0 spiro atoms. The van der Waals surface area contributed by atoms with Crippen LogP contribution in [0.1, 0.15) is 28.9 Å². The molecule has 4 nitrogen and oxygen atoms in total. The second-order valence-corrected chi connectivity index (χ2v) is 7.17. The molecule has 1 fully saturated rings.